The number of methoxy groups -OCH3 is 1. The second-order valence-electron chi connectivity index (χ2n) is 8.00. The van der Waals surface area contributed by atoms with Crippen LogP contribution in [0, 0.1) is 15.9 Å². The molecule has 2 aromatic rings. The van der Waals surface area contributed by atoms with Gasteiger partial charge in [0, 0.05) is 25.2 Å². The van der Waals surface area contributed by atoms with Crippen molar-refractivity contribution in [2.75, 3.05) is 30.8 Å². The summed E-state index contributed by atoms with van der Waals surface area (Å²) in [7, 11) is -2.87. The highest BCUT2D eigenvalue weighted by Crippen LogP contribution is 2.33. The van der Waals surface area contributed by atoms with Gasteiger partial charge < -0.3 is 15.0 Å². The number of benzene rings is 2. The summed E-state index contributed by atoms with van der Waals surface area (Å²) in [6.07, 6.45) is 1.51. The van der Waals surface area contributed by atoms with Gasteiger partial charge in [-0.1, -0.05) is 19.1 Å². The second kappa shape index (κ2) is 12.3. The van der Waals surface area contributed by atoms with E-state index < -0.39 is 50.9 Å². The zero-order valence-electron chi connectivity index (χ0n) is 20.4. The molecule has 0 heterocycles. The molecule has 2 amide bonds. The Kier molecular flexibility index (Phi) is 9.73. The predicted octanol–water partition coefficient (Wildman–Crippen LogP) is 2.45. The van der Waals surface area contributed by atoms with Crippen molar-refractivity contribution in [1.29, 1.82) is 0 Å². The molecule has 0 bridgehead atoms. The largest absolute Gasteiger partial charge is 0.495 e. The molecular weight excluding hydrogens is 495 g/mol. The molecule has 196 valence electrons. The molecule has 2 rings (SSSR count). The Hall–Kier alpha value is -3.74. The molecule has 0 aromatic heterocycles. The maximum absolute atomic E-state index is 13.5. The summed E-state index contributed by atoms with van der Waals surface area (Å²) in [5.41, 5.74) is -0.0894. The topological polar surface area (TPSA) is 139 Å². The zero-order chi connectivity index (χ0) is 27.0. The van der Waals surface area contributed by atoms with E-state index in [1.54, 1.807) is 0 Å². The highest BCUT2D eigenvalue weighted by molar-refractivity contribution is 7.92. The fraction of sp³-hybridized carbons (Fsp3) is 0.391. The number of rotatable bonds is 12. The minimum atomic E-state index is -4.13. The molecule has 1 N–H and O–H groups in total. The average molecular weight is 525 g/mol. The monoisotopic (exact) mass is 524 g/mol. The normalized spacial score (nSPS) is 11.9. The quantitative estimate of drug-likeness (QED) is 0.332. The van der Waals surface area contributed by atoms with E-state index in [1.165, 1.54) is 49.3 Å². The van der Waals surface area contributed by atoms with Gasteiger partial charge in [0.1, 0.15) is 29.8 Å². The summed E-state index contributed by atoms with van der Waals surface area (Å²) in [5, 5.41) is 14.0. The van der Waals surface area contributed by atoms with E-state index >= 15 is 0 Å². The first kappa shape index (κ1) is 28.5. The number of ether oxygens (including phenoxy) is 1. The van der Waals surface area contributed by atoms with Crippen molar-refractivity contribution < 1.29 is 32.1 Å². The Morgan fingerprint density at radius 2 is 1.83 bits per heavy atom. The summed E-state index contributed by atoms with van der Waals surface area (Å²) < 4.78 is 44.6. The molecule has 0 radical (unpaired) electrons. The average Bonchev–Trinajstić information content (AvgIpc) is 2.83. The molecule has 2 aromatic carbocycles. The summed E-state index contributed by atoms with van der Waals surface area (Å²) >= 11 is 0. The van der Waals surface area contributed by atoms with E-state index in [1.807, 2.05) is 6.92 Å². The van der Waals surface area contributed by atoms with Crippen LogP contribution in [0.3, 0.4) is 0 Å². The molecule has 13 heteroatoms. The molecule has 11 nitrogen and oxygen atoms in total. The molecule has 0 aliphatic carbocycles. The number of nitro groups is 1. The number of amides is 2. The summed E-state index contributed by atoms with van der Waals surface area (Å²) in [4.78, 5) is 37.9. The number of halogens is 1. The van der Waals surface area contributed by atoms with Crippen LogP contribution in [-0.2, 0) is 26.2 Å². The number of carbonyl (C=O) groups excluding carboxylic acids is 2. The summed E-state index contributed by atoms with van der Waals surface area (Å²) in [6.45, 7) is 2.86. The SMILES string of the molecule is CCCNC(=O)[C@@H](C)N(Cc1ccc(F)cc1)C(=O)CN(c1cc([N+](=O)[O-])ccc1OC)S(C)(=O)=O. The zero-order valence-corrected chi connectivity index (χ0v) is 21.2. The molecule has 0 aliphatic rings. The first-order valence-corrected chi connectivity index (χ1v) is 12.9. The van der Waals surface area contributed by atoms with Crippen molar-refractivity contribution in [2.45, 2.75) is 32.9 Å². The Labute approximate surface area is 209 Å². The van der Waals surface area contributed by atoms with Crippen LogP contribution in [0.4, 0.5) is 15.8 Å². The van der Waals surface area contributed by atoms with E-state index in [-0.39, 0.29) is 18.0 Å². The Morgan fingerprint density at radius 3 is 2.36 bits per heavy atom. The molecule has 1 atom stereocenters. The lowest BCUT2D eigenvalue weighted by atomic mass is 10.1. The number of carbonyl (C=O) groups is 2. The fourth-order valence-corrected chi connectivity index (χ4v) is 4.19. The van der Waals surface area contributed by atoms with Crippen LogP contribution in [0.2, 0.25) is 0 Å². The first-order valence-electron chi connectivity index (χ1n) is 11.0. The van der Waals surface area contributed by atoms with E-state index in [9.17, 15) is 32.5 Å². The summed E-state index contributed by atoms with van der Waals surface area (Å²) in [6, 6.07) is 7.68. The van der Waals surface area contributed by atoms with Gasteiger partial charge in [0.2, 0.25) is 21.8 Å². The molecule has 0 saturated carbocycles. The smallest absolute Gasteiger partial charge is 0.271 e. The van der Waals surface area contributed by atoms with Crippen molar-refractivity contribution in [3.05, 3.63) is 64.0 Å². The van der Waals surface area contributed by atoms with Crippen LogP contribution in [0.1, 0.15) is 25.8 Å². The number of hydrogen-bond donors (Lipinski definition) is 1. The Bertz CT molecular complexity index is 1210. The minimum absolute atomic E-state index is 0.00218. The van der Waals surface area contributed by atoms with Gasteiger partial charge in [-0.15, -0.1) is 0 Å². The number of sulfonamides is 1. The number of non-ortho nitro benzene ring substituents is 1. The van der Waals surface area contributed by atoms with Crippen molar-refractivity contribution in [1.82, 2.24) is 10.2 Å². The lowest BCUT2D eigenvalue weighted by molar-refractivity contribution is -0.384. The first-order chi connectivity index (χ1) is 16.9. The van der Waals surface area contributed by atoms with Crippen LogP contribution >= 0.6 is 0 Å². The van der Waals surface area contributed by atoms with E-state index in [2.05, 4.69) is 5.32 Å². The molecule has 0 unspecified atom stereocenters. The van der Waals surface area contributed by atoms with Gasteiger partial charge in [0.15, 0.2) is 0 Å². The maximum Gasteiger partial charge on any atom is 0.271 e. The van der Waals surface area contributed by atoms with Gasteiger partial charge >= 0.3 is 0 Å². The lowest BCUT2D eigenvalue weighted by Gasteiger charge is -2.31. The standard InChI is InChI=1S/C23H29FN4O7S/c1-5-12-25-23(30)16(2)26(14-17-6-8-18(24)9-7-17)22(29)15-27(36(4,33)34)20-13-19(28(31)32)10-11-21(20)35-3/h6-11,13,16H,5,12,14-15H2,1-4H3,(H,25,30)/t16-/m1/s1. The highest BCUT2D eigenvalue weighted by atomic mass is 32.2. The predicted molar refractivity (Wildman–Crippen MR) is 132 cm³/mol. The minimum Gasteiger partial charge on any atom is -0.495 e. The van der Waals surface area contributed by atoms with Crippen molar-refractivity contribution >= 4 is 33.2 Å². The molecule has 36 heavy (non-hydrogen) atoms. The van der Waals surface area contributed by atoms with Crippen LogP contribution in [0.25, 0.3) is 0 Å². The van der Waals surface area contributed by atoms with Crippen LogP contribution < -0.4 is 14.4 Å². The Balaban J connectivity index is 2.49. The number of anilines is 1. The van der Waals surface area contributed by atoms with Crippen LogP contribution in [-0.4, -0.2) is 62.6 Å². The lowest BCUT2D eigenvalue weighted by Crippen LogP contribution is -2.51. The van der Waals surface area contributed by atoms with E-state index in [4.69, 9.17) is 4.74 Å². The number of nitrogens with zero attached hydrogens (tertiary/aromatic N) is 3. The molecule has 0 fully saturated rings. The molecular formula is C23H29FN4O7S. The van der Waals surface area contributed by atoms with Crippen molar-refractivity contribution in [2.24, 2.45) is 0 Å². The third-order valence-electron chi connectivity index (χ3n) is 5.30. The van der Waals surface area contributed by atoms with Crippen LogP contribution in [0.15, 0.2) is 42.5 Å². The highest BCUT2D eigenvalue weighted by Gasteiger charge is 2.31. The van der Waals surface area contributed by atoms with Crippen LogP contribution in [0.5, 0.6) is 5.75 Å². The number of nitrogens with one attached hydrogen (secondary N) is 1. The van der Waals surface area contributed by atoms with E-state index in [0.29, 0.717) is 22.8 Å². The maximum atomic E-state index is 13.5. The van der Waals surface area contributed by atoms with Crippen molar-refractivity contribution in [3.63, 3.8) is 0 Å². The third kappa shape index (κ3) is 7.38. The van der Waals surface area contributed by atoms with Gasteiger partial charge in [-0.25, -0.2) is 12.8 Å². The van der Waals surface area contributed by atoms with Gasteiger partial charge in [-0.3, -0.25) is 24.0 Å². The third-order valence-corrected chi connectivity index (χ3v) is 6.43. The van der Waals surface area contributed by atoms with Gasteiger partial charge in [-0.2, -0.15) is 0 Å². The number of nitro benzene ring substituents is 1. The fourth-order valence-electron chi connectivity index (χ4n) is 3.35. The number of hydrogen-bond acceptors (Lipinski definition) is 7. The van der Waals surface area contributed by atoms with Gasteiger partial charge in [-0.05, 0) is 37.1 Å². The molecule has 0 saturated heterocycles. The van der Waals surface area contributed by atoms with E-state index in [0.717, 1.165) is 18.4 Å². The molecule has 0 spiro atoms. The second-order valence-corrected chi connectivity index (χ2v) is 9.90. The van der Waals surface area contributed by atoms with Gasteiger partial charge in [0.25, 0.3) is 5.69 Å². The summed E-state index contributed by atoms with van der Waals surface area (Å²) in [5.74, 6) is -1.69. The molecule has 0 aliphatic heterocycles. The van der Waals surface area contributed by atoms with Crippen molar-refractivity contribution in [3.8, 4) is 5.75 Å². The Morgan fingerprint density at radius 1 is 1.19 bits per heavy atom. The van der Waals surface area contributed by atoms with Gasteiger partial charge in [0.05, 0.1) is 18.3 Å².